The third-order valence-corrected chi connectivity index (χ3v) is 4.39. The second-order valence-electron chi connectivity index (χ2n) is 5.70. The van der Waals surface area contributed by atoms with Crippen molar-refractivity contribution in [2.45, 2.75) is 38.7 Å². The van der Waals surface area contributed by atoms with Gasteiger partial charge in [0, 0.05) is 18.6 Å². The maximum atomic E-state index is 9.98. The Morgan fingerprint density at radius 2 is 2.17 bits per heavy atom. The number of benzene rings is 1. The van der Waals surface area contributed by atoms with E-state index < -0.39 is 0 Å². The number of hydrogen-bond acceptors (Lipinski definition) is 1. The quantitative estimate of drug-likeness (QED) is 0.861. The highest BCUT2D eigenvalue weighted by Crippen LogP contribution is 2.32. The highest BCUT2D eigenvalue weighted by molar-refractivity contribution is 5.86. The first-order valence-corrected chi connectivity index (χ1v) is 6.88. The Morgan fingerprint density at radius 1 is 1.33 bits per heavy atom. The number of rotatable bonds is 2. The Hall–Kier alpha value is -1.28. The molecule has 2 atom stereocenters. The van der Waals surface area contributed by atoms with Crippen LogP contribution in [0.2, 0.25) is 0 Å². The van der Waals surface area contributed by atoms with E-state index in [1.807, 2.05) is 0 Å². The smallest absolute Gasteiger partial charge is 0.0571 e. The Morgan fingerprint density at radius 3 is 2.89 bits per heavy atom. The van der Waals surface area contributed by atoms with Crippen LogP contribution in [-0.2, 0) is 13.5 Å². The van der Waals surface area contributed by atoms with E-state index in [9.17, 15) is 5.11 Å². The predicted octanol–water partition coefficient (Wildman–Crippen LogP) is 3.19. The molecule has 1 saturated carbocycles. The lowest BCUT2D eigenvalue weighted by Gasteiger charge is -2.13. The summed E-state index contributed by atoms with van der Waals surface area (Å²) in [5, 5.41) is 11.3. The van der Waals surface area contributed by atoms with Crippen LogP contribution in [0.15, 0.2) is 24.4 Å². The zero-order chi connectivity index (χ0) is 12.7. The van der Waals surface area contributed by atoms with Gasteiger partial charge in [0.05, 0.1) is 11.6 Å². The first-order valence-electron chi connectivity index (χ1n) is 6.88. The van der Waals surface area contributed by atoms with Crippen molar-refractivity contribution in [1.82, 2.24) is 4.57 Å². The van der Waals surface area contributed by atoms with Gasteiger partial charge in [-0.3, -0.25) is 0 Å². The SMILES string of the molecule is Cc1cccc2c(CC3CCCC3O)cn(C)c12. The summed E-state index contributed by atoms with van der Waals surface area (Å²) in [6, 6.07) is 6.50. The van der Waals surface area contributed by atoms with Crippen LogP contribution in [0.5, 0.6) is 0 Å². The Labute approximate surface area is 108 Å². The minimum absolute atomic E-state index is 0.0925. The summed E-state index contributed by atoms with van der Waals surface area (Å²) in [5.74, 6) is 0.455. The molecule has 0 amide bonds. The van der Waals surface area contributed by atoms with Gasteiger partial charge in [0.15, 0.2) is 0 Å². The van der Waals surface area contributed by atoms with Gasteiger partial charge < -0.3 is 9.67 Å². The number of hydrogen-bond donors (Lipinski definition) is 1. The van der Waals surface area contributed by atoms with Crippen molar-refractivity contribution in [2.24, 2.45) is 13.0 Å². The van der Waals surface area contributed by atoms with Crippen LogP contribution in [0.1, 0.15) is 30.4 Å². The second kappa shape index (κ2) is 4.43. The van der Waals surface area contributed by atoms with Crippen molar-refractivity contribution < 1.29 is 5.11 Å². The average Bonchev–Trinajstić information content (AvgIpc) is 2.87. The second-order valence-corrected chi connectivity index (χ2v) is 5.70. The third kappa shape index (κ3) is 1.85. The standard InChI is InChI=1S/C16H21NO/c1-11-5-3-7-14-13(10-17(2)16(11)14)9-12-6-4-8-15(12)18/h3,5,7,10,12,15,18H,4,6,8-9H2,1-2H3. The molecule has 3 rings (SSSR count). The van der Waals surface area contributed by atoms with Gasteiger partial charge in [-0.1, -0.05) is 24.6 Å². The van der Waals surface area contributed by atoms with Gasteiger partial charge in [0.25, 0.3) is 0 Å². The van der Waals surface area contributed by atoms with E-state index >= 15 is 0 Å². The van der Waals surface area contributed by atoms with E-state index in [0.29, 0.717) is 5.92 Å². The normalized spacial score (nSPS) is 23.9. The molecule has 1 fully saturated rings. The van der Waals surface area contributed by atoms with E-state index in [4.69, 9.17) is 0 Å². The number of aromatic nitrogens is 1. The topological polar surface area (TPSA) is 25.2 Å². The number of para-hydroxylation sites is 1. The van der Waals surface area contributed by atoms with E-state index in [1.165, 1.54) is 34.9 Å². The van der Waals surface area contributed by atoms with Crippen molar-refractivity contribution in [1.29, 1.82) is 0 Å². The minimum atomic E-state index is -0.0925. The van der Waals surface area contributed by atoms with Gasteiger partial charge in [-0.25, -0.2) is 0 Å². The fraction of sp³-hybridized carbons (Fsp3) is 0.500. The molecule has 1 aromatic carbocycles. The summed E-state index contributed by atoms with van der Waals surface area (Å²) in [4.78, 5) is 0. The summed E-state index contributed by atoms with van der Waals surface area (Å²) < 4.78 is 2.22. The van der Waals surface area contributed by atoms with Gasteiger partial charge in [-0.15, -0.1) is 0 Å². The van der Waals surface area contributed by atoms with Gasteiger partial charge in [0.1, 0.15) is 0 Å². The summed E-state index contributed by atoms with van der Waals surface area (Å²) in [7, 11) is 2.11. The fourth-order valence-electron chi connectivity index (χ4n) is 3.45. The monoisotopic (exact) mass is 243 g/mol. The number of aliphatic hydroxyl groups excluding tert-OH is 1. The predicted molar refractivity (Wildman–Crippen MR) is 74.7 cm³/mol. The lowest BCUT2D eigenvalue weighted by molar-refractivity contribution is 0.133. The van der Waals surface area contributed by atoms with Crippen LogP contribution in [-0.4, -0.2) is 15.8 Å². The largest absolute Gasteiger partial charge is 0.393 e. The highest BCUT2D eigenvalue weighted by atomic mass is 16.3. The van der Waals surface area contributed by atoms with Gasteiger partial charge >= 0.3 is 0 Å². The number of fused-ring (bicyclic) bond motifs is 1. The zero-order valence-corrected chi connectivity index (χ0v) is 11.2. The first-order chi connectivity index (χ1) is 8.66. The molecule has 2 heteroatoms. The molecule has 0 radical (unpaired) electrons. The number of aliphatic hydroxyl groups is 1. The summed E-state index contributed by atoms with van der Waals surface area (Å²) in [6.45, 7) is 2.16. The van der Waals surface area contributed by atoms with Gasteiger partial charge in [-0.2, -0.15) is 0 Å². The molecular weight excluding hydrogens is 222 g/mol. The molecule has 0 saturated heterocycles. The lowest BCUT2D eigenvalue weighted by atomic mass is 9.95. The molecule has 2 unspecified atom stereocenters. The first kappa shape index (κ1) is 11.8. The molecule has 1 aliphatic carbocycles. The van der Waals surface area contributed by atoms with Crippen molar-refractivity contribution in [3.63, 3.8) is 0 Å². The Bertz CT molecular complexity index is 570. The van der Waals surface area contributed by atoms with Crippen LogP contribution in [0.25, 0.3) is 10.9 Å². The molecular formula is C16H21NO. The van der Waals surface area contributed by atoms with Crippen molar-refractivity contribution in [3.05, 3.63) is 35.5 Å². The van der Waals surface area contributed by atoms with Gasteiger partial charge in [-0.05, 0) is 43.2 Å². The maximum absolute atomic E-state index is 9.98. The number of aryl methyl sites for hydroxylation is 2. The molecule has 96 valence electrons. The number of nitrogens with zero attached hydrogens (tertiary/aromatic N) is 1. The van der Waals surface area contributed by atoms with Crippen molar-refractivity contribution in [2.75, 3.05) is 0 Å². The average molecular weight is 243 g/mol. The Kier molecular flexibility index (Phi) is 2.90. The van der Waals surface area contributed by atoms with Crippen LogP contribution in [0, 0.1) is 12.8 Å². The van der Waals surface area contributed by atoms with Crippen molar-refractivity contribution in [3.8, 4) is 0 Å². The molecule has 0 bridgehead atoms. The molecule has 2 nitrogen and oxygen atoms in total. The fourth-order valence-corrected chi connectivity index (χ4v) is 3.45. The molecule has 1 aliphatic rings. The van der Waals surface area contributed by atoms with E-state index in [1.54, 1.807) is 0 Å². The Balaban J connectivity index is 2.00. The minimum Gasteiger partial charge on any atom is -0.393 e. The lowest BCUT2D eigenvalue weighted by Crippen LogP contribution is -2.15. The molecule has 1 heterocycles. The zero-order valence-electron chi connectivity index (χ0n) is 11.2. The summed E-state index contributed by atoms with van der Waals surface area (Å²) >= 11 is 0. The van der Waals surface area contributed by atoms with E-state index in [0.717, 1.165) is 12.8 Å². The summed E-state index contributed by atoms with van der Waals surface area (Å²) in [6.07, 6.45) is 6.49. The molecule has 0 aliphatic heterocycles. The molecule has 1 N–H and O–H groups in total. The summed E-state index contributed by atoms with van der Waals surface area (Å²) in [5.41, 5.74) is 4.05. The van der Waals surface area contributed by atoms with Crippen LogP contribution in [0.4, 0.5) is 0 Å². The van der Waals surface area contributed by atoms with E-state index in [-0.39, 0.29) is 6.10 Å². The van der Waals surface area contributed by atoms with E-state index in [2.05, 4.69) is 42.9 Å². The third-order valence-electron chi connectivity index (χ3n) is 4.39. The molecule has 2 aromatic rings. The highest BCUT2D eigenvalue weighted by Gasteiger charge is 2.26. The van der Waals surface area contributed by atoms with Crippen LogP contribution < -0.4 is 0 Å². The molecule has 18 heavy (non-hydrogen) atoms. The van der Waals surface area contributed by atoms with Crippen LogP contribution >= 0.6 is 0 Å². The van der Waals surface area contributed by atoms with Crippen LogP contribution in [0.3, 0.4) is 0 Å². The molecule has 1 aromatic heterocycles. The maximum Gasteiger partial charge on any atom is 0.0571 e. The molecule has 0 spiro atoms. The van der Waals surface area contributed by atoms with Crippen molar-refractivity contribution >= 4 is 10.9 Å². The van der Waals surface area contributed by atoms with Gasteiger partial charge in [0.2, 0.25) is 0 Å².